The van der Waals surface area contributed by atoms with E-state index in [2.05, 4.69) is 0 Å². The summed E-state index contributed by atoms with van der Waals surface area (Å²) in [6.07, 6.45) is 0. The standard InChI is InChI=1S/10C2H4O2.BrH/c10*1-2(3)4;/h10*1H3,(H,3,4);1H/p-11. The topological polar surface area (TPSA) is 401 Å². The zero-order chi connectivity index (χ0) is 35.8. The first-order chi connectivity index (χ1) is 17.3. The molecule has 0 aliphatic rings. The summed E-state index contributed by atoms with van der Waals surface area (Å²) in [5.41, 5.74) is 0. The summed E-state index contributed by atoms with van der Waals surface area (Å²) < 4.78 is 0. The third-order valence-corrected chi connectivity index (χ3v) is 0. The van der Waals surface area contributed by atoms with Gasteiger partial charge in [-0.1, -0.05) is 0 Å². The van der Waals surface area contributed by atoms with Crippen molar-refractivity contribution in [3.05, 3.63) is 0 Å². The fourth-order valence-electron chi connectivity index (χ4n) is 0. The number of carbonyl (C=O) groups is 10. The third kappa shape index (κ3) is 1670. The maximum atomic E-state index is 8.89. The van der Waals surface area contributed by atoms with E-state index in [1.54, 1.807) is 0 Å². The number of carboxylic acid groups (broad SMARTS) is 10. The summed E-state index contributed by atoms with van der Waals surface area (Å²) in [7, 11) is 0. The molecule has 0 unspecified atom stereocenters. The maximum absolute atomic E-state index is 8.89. The molecule has 0 aromatic rings. The van der Waals surface area contributed by atoms with Crippen molar-refractivity contribution in [1.29, 1.82) is 0 Å². The van der Waals surface area contributed by atoms with Crippen LogP contribution in [-0.2, 0) is 47.9 Å². The Morgan fingerprint density at radius 2 is 0.220 bits per heavy atom. The molecule has 0 bridgehead atoms. The summed E-state index contributed by atoms with van der Waals surface area (Å²) in [5, 5.41) is 88.9. The molecule has 0 amide bonds. The smallest absolute Gasteiger partial charge is 0.0383 e. The number of rotatable bonds is 0. The molecule has 20 nitrogen and oxygen atoms in total. The SMILES string of the molecule is CC(=O)[O-].CC(=O)[O-].CC(=O)[O-].CC(=O)[O-].CC(=O)[O-].CC(=O)[O-].CC(=O)[O-].CC(=O)[O-].CC(=O)[O-].CC(=O)[O-].[Br-]. The van der Waals surface area contributed by atoms with Gasteiger partial charge >= 0.3 is 0 Å². The van der Waals surface area contributed by atoms with Crippen LogP contribution in [0.25, 0.3) is 0 Å². The Labute approximate surface area is 245 Å². The Bertz CT molecular complexity index is 476. The molecule has 0 heterocycles. The van der Waals surface area contributed by atoms with Crippen molar-refractivity contribution in [3.8, 4) is 0 Å². The molecule has 0 rings (SSSR count). The molecule has 0 aromatic heterocycles. The molecule has 0 radical (unpaired) electrons. The molecule has 0 saturated heterocycles. The molecule has 0 spiro atoms. The van der Waals surface area contributed by atoms with E-state index in [1.165, 1.54) is 0 Å². The van der Waals surface area contributed by atoms with E-state index in [4.69, 9.17) is 99.0 Å². The maximum Gasteiger partial charge on any atom is 0.0383 e. The number of carbonyl (C=O) groups excluding carboxylic acids is 10. The van der Waals surface area contributed by atoms with E-state index in [-0.39, 0.29) is 17.0 Å². The number of hydrogen-bond donors (Lipinski definition) is 0. The average molecular weight is 670 g/mol. The molecule has 0 aromatic carbocycles. The largest absolute Gasteiger partial charge is 1.00 e. The van der Waals surface area contributed by atoms with Gasteiger partial charge in [0, 0.05) is 59.7 Å². The van der Waals surface area contributed by atoms with E-state index < -0.39 is 59.7 Å². The van der Waals surface area contributed by atoms with Crippen molar-refractivity contribution in [1.82, 2.24) is 0 Å². The van der Waals surface area contributed by atoms with Crippen LogP contribution in [0.3, 0.4) is 0 Å². The summed E-state index contributed by atoms with van der Waals surface area (Å²) in [6, 6.07) is 0. The highest BCUT2D eigenvalue weighted by molar-refractivity contribution is 5.62. The van der Waals surface area contributed by atoms with Crippen LogP contribution in [0.1, 0.15) is 69.2 Å². The fourth-order valence-corrected chi connectivity index (χ4v) is 0. The molecule has 0 fully saturated rings. The lowest BCUT2D eigenvalue weighted by molar-refractivity contribution is -0.303. The molecule has 248 valence electrons. The van der Waals surface area contributed by atoms with Gasteiger partial charge in [0.25, 0.3) is 0 Å². The van der Waals surface area contributed by atoms with Crippen LogP contribution in [0.5, 0.6) is 0 Å². The Balaban J connectivity index is -0.0000000270. The lowest BCUT2D eigenvalue weighted by atomic mass is 10.9. The van der Waals surface area contributed by atoms with E-state index in [0.29, 0.717) is 0 Å². The number of hydrogen-bond acceptors (Lipinski definition) is 20. The predicted molar refractivity (Wildman–Crippen MR) is 107 cm³/mol. The monoisotopic (exact) mass is 669 g/mol. The molecular formula is C20H30BrO20-11. The average Bonchev–Trinajstić information content (AvgIpc) is 2.47. The minimum absolute atomic E-state index is 0. The Kier molecular flexibility index (Phi) is 112. The highest BCUT2D eigenvalue weighted by atomic mass is 79.9. The first-order valence-corrected chi connectivity index (χ1v) is 9.08. The van der Waals surface area contributed by atoms with Crippen molar-refractivity contribution in [2.45, 2.75) is 69.2 Å². The fraction of sp³-hybridized carbons (Fsp3) is 0.500. The van der Waals surface area contributed by atoms with Crippen molar-refractivity contribution < 1.29 is 116 Å². The second kappa shape index (κ2) is 64.8. The molecule has 0 aliphatic heterocycles. The first-order valence-electron chi connectivity index (χ1n) is 9.08. The van der Waals surface area contributed by atoms with Crippen molar-refractivity contribution in [2.24, 2.45) is 0 Å². The van der Waals surface area contributed by atoms with Crippen LogP contribution in [0.2, 0.25) is 0 Å². The minimum atomic E-state index is -1.08. The van der Waals surface area contributed by atoms with Crippen LogP contribution in [-0.4, -0.2) is 59.7 Å². The van der Waals surface area contributed by atoms with Crippen LogP contribution < -0.4 is 68.0 Å². The molecular weight excluding hydrogens is 640 g/mol. The van der Waals surface area contributed by atoms with Gasteiger partial charge in [-0.25, -0.2) is 0 Å². The van der Waals surface area contributed by atoms with E-state index in [0.717, 1.165) is 69.2 Å². The normalized spacial score (nSPS) is 6.10. The highest BCUT2D eigenvalue weighted by Crippen LogP contribution is 1.34. The van der Waals surface area contributed by atoms with Crippen molar-refractivity contribution in [2.75, 3.05) is 0 Å². The number of aliphatic carboxylic acids is 10. The quantitative estimate of drug-likeness (QED) is 0.231. The minimum Gasteiger partial charge on any atom is -1.00 e. The van der Waals surface area contributed by atoms with Crippen LogP contribution in [0, 0.1) is 0 Å². The van der Waals surface area contributed by atoms with Crippen LogP contribution >= 0.6 is 0 Å². The van der Waals surface area contributed by atoms with E-state index in [9.17, 15) is 0 Å². The van der Waals surface area contributed by atoms with Crippen molar-refractivity contribution in [3.63, 3.8) is 0 Å². The van der Waals surface area contributed by atoms with E-state index in [1.807, 2.05) is 0 Å². The van der Waals surface area contributed by atoms with Crippen LogP contribution in [0.15, 0.2) is 0 Å². The van der Waals surface area contributed by atoms with Gasteiger partial charge in [0.1, 0.15) is 0 Å². The van der Waals surface area contributed by atoms with Gasteiger partial charge < -0.3 is 116 Å². The van der Waals surface area contributed by atoms with Gasteiger partial charge in [-0.05, 0) is 69.2 Å². The van der Waals surface area contributed by atoms with Gasteiger partial charge in [-0.15, -0.1) is 0 Å². The Morgan fingerprint density at radius 3 is 0.220 bits per heavy atom. The molecule has 0 aliphatic carbocycles. The lowest BCUT2D eigenvalue weighted by Crippen LogP contribution is -3.00. The van der Waals surface area contributed by atoms with Crippen molar-refractivity contribution >= 4 is 59.7 Å². The second-order valence-electron chi connectivity index (χ2n) is 4.92. The number of carboxylic acids is 10. The zero-order valence-corrected chi connectivity index (χ0v) is 25.1. The number of halogens is 1. The highest BCUT2D eigenvalue weighted by Gasteiger charge is 1.49. The summed E-state index contributed by atoms with van der Waals surface area (Å²) >= 11 is 0. The van der Waals surface area contributed by atoms with Gasteiger partial charge in [-0.2, -0.15) is 0 Å². The molecule has 0 atom stereocenters. The molecule has 0 N–H and O–H groups in total. The third-order valence-electron chi connectivity index (χ3n) is 0. The predicted octanol–water partition coefficient (Wildman–Crippen LogP) is -15.4. The molecule has 21 heteroatoms. The summed E-state index contributed by atoms with van der Waals surface area (Å²) in [6.45, 7) is 9.72. The molecule has 0 saturated carbocycles. The first kappa shape index (κ1) is 70.6. The van der Waals surface area contributed by atoms with Gasteiger partial charge in [0.05, 0.1) is 0 Å². The Hall–Kier alpha value is -4.82. The van der Waals surface area contributed by atoms with E-state index >= 15 is 0 Å². The Morgan fingerprint density at radius 1 is 0.220 bits per heavy atom. The second-order valence-corrected chi connectivity index (χ2v) is 4.92. The van der Waals surface area contributed by atoms with Crippen LogP contribution in [0.4, 0.5) is 0 Å². The summed E-state index contributed by atoms with van der Waals surface area (Å²) in [5.74, 6) is -10.8. The zero-order valence-electron chi connectivity index (χ0n) is 23.5. The van der Waals surface area contributed by atoms with Gasteiger partial charge in [0.15, 0.2) is 0 Å². The molecule has 41 heavy (non-hydrogen) atoms. The lowest BCUT2D eigenvalue weighted by Gasteiger charge is -1.77. The van der Waals surface area contributed by atoms with Gasteiger partial charge in [0.2, 0.25) is 0 Å². The summed E-state index contributed by atoms with van der Waals surface area (Å²) in [4.78, 5) is 88.9. The van der Waals surface area contributed by atoms with Gasteiger partial charge in [-0.3, -0.25) is 0 Å².